The molecule has 0 bridgehead atoms. The molecule has 0 aliphatic heterocycles. The van der Waals surface area contributed by atoms with E-state index in [1.165, 1.54) is 7.11 Å². The zero-order chi connectivity index (χ0) is 16.8. The number of rotatable bonds is 8. The van der Waals surface area contributed by atoms with Crippen molar-refractivity contribution < 1.29 is 28.7 Å². The Morgan fingerprint density at radius 1 is 0.905 bits per heavy atom. The topological polar surface area (TPSA) is 86.7 Å². The number of ketones is 2. The molecule has 0 radical (unpaired) electrons. The summed E-state index contributed by atoms with van der Waals surface area (Å²) in [5, 5.41) is 0. The van der Waals surface area contributed by atoms with Crippen LogP contribution >= 0.6 is 0 Å². The Hall–Kier alpha value is -1.72. The average Bonchev–Trinajstić information content (AvgIpc) is 2.38. The summed E-state index contributed by atoms with van der Waals surface area (Å²) in [6.07, 6.45) is 1.35. The summed E-state index contributed by atoms with van der Waals surface area (Å²) in [5.41, 5.74) is 0. The second-order valence-corrected chi connectivity index (χ2v) is 4.65. The van der Waals surface area contributed by atoms with Gasteiger partial charge in [0.25, 0.3) is 0 Å². The minimum Gasteiger partial charge on any atom is -0.469 e. The van der Waals surface area contributed by atoms with Gasteiger partial charge in [-0.25, -0.2) is 0 Å². The van der Waals surface area contributed by atoms with Crippen molar-refractivity contribution in [1.82, 2.24) is 0 Å². The number of esters is 2. The molecule has 0 spiro atoms. The van der Waals surface area contributed by atoms with Crippen molar-refractivity contribution >= 4 is 23.5 Å². The first-order chi connectivity index (χ1) is 9.76. The van der Waals surface area contributed by atoms with Crippen LogP contribution in [0.3, 0.4) is 0 Å². The highest BCUT2D eigenvalue weighted by Gasteiger charge is 2.09. The van der Waals surface area contributed by atoms with Gasteiger partial charge >= 0.3 is 11.9 Å². The predicted octanol–water partition coefficient (Wildman–Crippen LogP) is 2.23. The molecule has 0 aliphatic carbocycles. The first-order valence-electron chi connectivity index (χ1n) is 7.06. The summed E-state index contributed by atoms with van der Waals surface area (Å²) in [6.45, 7) is 7.14. The predicted molar refractivity (Wildman–Crippen MR) is 77.7 cm³/mol. The number of hydrogen-bond acceptors (Lipinski definition) is 6. The van der Waals surface area contributed by atoms with Gasteiger partial charge in [-0.1, -0.05) is 13.8 Å². The van der Waals surface area contributed by atoms with Crippen molar-refractivity contribution in [3.8, 4) is 0 Å². The number of methoxy groups -OCH3 is 1. The van der Waals surface area contributed by atoms with Gasteiger partial charge < -0.3 is 9.47 Å². The van der Waals surface area contributed by atoms with Crippen LogP contribution in [0, 0.1) is 0 Å². The quantitative estimate of drug-likeness (QED) is 0.505. The molecule has 0 fully saturated rings. The summed E-state index contributed by atoms with van der Waals surface area (Å²) in [4.78, 5) is 42.6. The molecule has 122 valence electrons. The molecule has 0 saturated heterocycles. The van der Waals surface area contributed by atoms with E-state index in [-0.39, 0.29) is 30.5 Å². The van der Waals surface area contributed by atoms with E-state index in [1.807, 2.05) is 6.92 Å². The van der Waals surface area contributed by atoms with E-state index in [9.17, 15) is 19.2 Å². The molecule has 0 aliphatic rings. The molecule has 0 unspecified atom stereocenters. The standard InChI is InChI=1S/C8H14O3.C7H12O3/c1-4-7(9)5-8(10)11-6(2)3;1-3-4-6(8)5-7(9)10-2/h6H,4-5H2,1-3H3;3-5H2,1-2H3. The highest BCUT2D eigenvalue weighted by molar-refractivity contribution is 5.95. The summed E-state index contributed by atoms with van der Waals surface area (Å²) >= 11 is 0. The molecule has 6 nitrogen and oxygen atoms in total. The molecule has 6 heteroatoms. The average molecular weight is 302 g/mol. The first kappa shape index (κ1) is 21.6. The zero-order valence-electron chi connectivity index (χ0n) is 13.6. The van der Waals surface area contributed by atoms with Crippen LogP contribution in [0.25, 0.3) is 0 Å². The summed E-state index contributed by atoms with van der Waals surface area (Å²) in [7, 11) is 1.28. The molecule has 21 heavy (non-hydrogen) atoms. The zero-order valence-corrected chi connectivity index (χ0v) is 13.6. The third-order valence-electron chi connectivity index (χ3n) is 2.20. The van der Waals surface area contributed by atoms with Gasteiger partial charge in [0.2, 0.25) is 0 Å². The fourth-order valence-electron chi connectivity index (χ4n) is 1.19. The van der Waals surface area contributed by atoms with Crippen molar-refractivity contribution in [2.45, 2.75) is 65.9 Å². The molecule has 0 heterocycles. The Kier molecular flexibility index (Phi) is 13.6. The summed E-state index contributed by atoms with van der Waals surface area (Å²) in [5.74, 6) is -0.990. The van der Waals surface area contributed by atoms with Gasteiger partial charge in [0.05, 0.1) is 13.2 Å². The number of carbonyl (C=O) groups excluding carboxylic acids is 4. The number of ether oxygens (including phenoxy) is 2. The lowest BCUT2D eigenvalue weighted by Crippen LogP contribution is -2.14. The van der Waals surface area contributed by atoms with Gasteiger partial charge in [-0.2, -0.15) is 0 Å². The summed E-state index contributed by atoms with van der Waals surface area (Å²) < 4.78 is 9.07. The maximum absolute atomic E-state index is 10.8. The molecule has 0 saturated carbocycles. The molecule has 0 aromatic carbocycles. The molecule has 0 atom stereocenters. The SMILES string of the molecule is CCC(=O)CC(=O)OC(C)C.CCCC(=O)CC(=O)OC. The van der Waals surface area contributed by atoms with Gasteiger partial charge in [0.1, 0.15) is 24.4 Å². The Balaban J connectivity index is 0. The van der Waals surface area contributed by atoms with Gasteiger partial charge in [-0.3, -0.25) is 19.2 Å². The number of hydrogen-bond donors (Lipinski definition) is 0. The van der Waals surface area contributed by atoms with Crippen LogP contribution < -0.4 is 0 Å². The van der Waals surface area contributed by atoms with Crippen LogP contribution in [0.15, 0.2) is 0 Å². The van der Waals surface area contributed by atoms with Crippen LogP contribution in [0.1, 0.15) is 59.8 Å². The minimum absolute atomic E-state index is 0.0469. The maximum Gasteiger partial charge on any atom is 0.313 e. The van der Waals surface area contributed by atoms with Gasteiger partial charge in [-0.05, 0) is 20.3 Å². The van der Waals surface area contributed by atoms with E-state index in [0.717, 1.165) is 6.42 Å². The van der Waals surface area contributed by atoms with E-state index < -0.39 is 11.9 Å². The summed E-state index contributed by atoms with van der Waals surface area (Å²) in [6, 6.07) is 0. The molecular formula is C15H26O6. The van der Waals surface area contributed by atoms with Crippen molar-refractivity contribution in [1.29, 1.82) is 0 Å². The van der Waals surface area contributed by atoms with Crippen LogP contribution in [0.2, 0.25) is 0 Å². The lowest BCUT2D eigenvalue weighted by Gasteiger charge is -2.05. The van der Waals surface area contributed by atoms with Crippen molar-refractivity contribution in [2.24, 2.45) is 0 Å². The van der Waals surface area contributed by atoms with Crippen molar-refractivity contribution in [3.05, 3.63) is 0 Å². The molecule has 0 amide bonds. The van der Waals surface area contributed by atoms with Gasteiger partial charge in [0.15, 0.2) is 0 Å². The lowest BCUT2D eigenvalue weighted by molar-refractivity contribution is -0.149. The highest BCUT2D eigenvalue weighted by atomic mass is 16.5. The second-order valence-electron chi connectivity index (χ2n) is 4.65. The molecule has 0 rings (SSSR count). The molecule has 0 aromatic heterocycles. The van der Waals surface area contributed by atoms with E-state index in [4.69, 9.17) is 4.74 Å². The Bertz CT molecular complexity index is 346. The smallest absolute Gasteiger partial charge is 0.313 e. The Labute approximate surface area is 126 Å². The van der Waals surface area contributed by atoms with E-state index in [2.05, 4.69) is 4.74 Å². The first-order valence-corrected chi connectivity index (χ1v) is 7.06. The second kappa shape index (κ2) is 13.3. The number of Topliss-reactive ketones (excluding diaryl/α,β-unsaturated/α-hetero) is 2. The van der Waals surface area contributed by atoms with E-state index in [0.29, 0.717) is 12.8 Å². The van der Waals surface area contributed by atoms with Gasteiger partial charge in [0, 0.05) is 12.8 Å². The lowest BCUT2D eigenvalue weighted by atomic mass is 10.2. The Morgan fingerprint density at radius 3 is 1.81 bits per heavy atom. The third kappa shape index (κ3) is 16.2. The van der Waals surface area contributed by atoms with Crippen LogP contribution in [0.4, 0.5) is 0 Å². The maximum atomic E-state index is 10.8. The van der Waals surface area contributed by atoms with E-state index >= 15 is 0 Å². The molecular weight excluding hydrogens is 276 g/mol. The Morgan fingerprint density at radius 2 is 1.43 bits per heavy atom. The molecule has 0 aromatic rings. The fraction of sp³-hybridized carbons (Fsp3) is 0.733. The van der Waals surface area contributed by atoms with E-state index in [1.54, 1.807) is 20.8 Å². The number of carbonyl (C=O) groups is 4. The fourth-order valence-corrected chi connectivity index (χ4v) is 1.19. The van der Waals surface area contributed by atoms with Crippen molar-refractivity contribution in [2.75, 3.05) is 7.11 Å². The normalized spacial score (nSPS) is 9.43. The van der Waals surface area contributed by atoms with Crippen LogP contribution in [-0.4, -0.2) is 36.7 Å². The molecule has 0 N–H and O–H groups in total. The third-order valence-corrected chi connectivity index (χ3v) is 2.20. The monoisotopic (exact) mass is 302 g/mol. The van der Waals surface area contributed by atoms with Crippen molar-refractivity contribution in [3.63, 3.8) is 0 Å². The van der Waals surface area contributed by atoms with Crippen LogP contribution in [0.5, 0.6) is 0 Å². The highest BCUT2D eigenvalue weighted by Crippen LogP contribution is 1.96. The van der Waals surface area contributed by atoms with Crippen LogP contribution in [-0.2, 0) is 28.7 Å². The minimum atomic E-state index is -0.446. The largest absolute Gasteiger partial charge is 0.469 e. The van der Waals surface area contributed by atoms with Gasteiger partial charge in [-0.15, -0.1) is 0 Å².